The fourth-order valence-corrected chi connectivity index (χ4v) is 2.70. The molecule has 0 unspecified atom stereocenters. The normalized spacial score (nSPS) is 11.2. The van der Waals surface area contributed by atoms with E-state index in [2.05, 4.69) is 15.3 Å². The molecule has 0 amide bonds. The van der Waals surface area contributed by atoms with Crippen LogP contribution in [-0.4, -0.2) is 17.0 Å². The zero-order valence-electron chi connectivity index (χ0n) is 9.69. The molecule has 0 fully saturated rings. The molecule has 0 aliphatic rings. The highest BCUT2D eigenvalue weighted by Gasteiger charge is 2.07. The molecule has 1 aromatic carbocycles. The number of rotatable bonds is 3. The molecule has 6 heteroatoms. The Hall–Kier alpha value is -1.92. The monoisotopic (exact) mass is 261 g/mol. The maximum absolute atomic E-state index is 11.1. The molecular formula is C12H11N3O2S. The third-order valence-corrected chi connectivity index (χ3v) is 3.63. The number of benzene rings is 1. The minimum Gasteiger partial charge on any atom is -0.408 e. The SMILES string of the molecule is CNCc1ncc(-c2ccc3[nH]c(=O)oc3c2)s1. The second kappa shape index (κ2) is 4.40. The van der Waals surface area contributed by atoms with E-state index in [4.69, 9.17) is 4.42 Å². The van der Waals surface area contributed by atoms with Crippen molar-refractivity contribution >= 4 is 22.4 Å². The topological polar surface area (TPSA) is 70.9 Å². The predicted molar refractivity (Wildman–Crippen MR) is 70.7 cm³/mol. The average Bonchev–Trinajstić information content (AvgIpc) is 2.93. The van der Waals surface area contributed by atoms with Crippen molar-refractivity contribution in [3.8, 4) is 10.4 Å². The van der Waals surface area contributed by atoms with E-state index >= 15 is 0 Å². The molecule has 0 aliphatic heterocycles. The van der Waals surface area contributed by atoms with Crippen molar-refractivity contribution in [3.63, 3.8) is 0 Å². The van der Waals surface area contributed by atoms with Crippen LogP contribution in [0.5, 0.6) is 0 Å². The highest BCUT2D eigenvalue weighted by molar-refractivity contribution is 7.15. The van der Waals surface area contributed by atoms with Crippen molar-refractivity contribution in [2.75, 3.05) is 7.05 Å². The lowest BCUT2D eigenvalue weighted by molar-refractivity contribution is 0.555. The van der Waals surface area contributed by atoms with E-state index in [1.807, 2.05) is 31.4 Å². The van der Waals surface area contributed by atoms with Crippen LogP contribution in [-0.2, 0) is 6.54 Å². The summed E-state index contributed by atoms with van der Waals surface area (Å²) in [6.45, 7) is 0.756. The summed E-state index contributed by atoms with van der Waals surface area (Å²) in [6, 6.07) is 5.64. The number of hydrogen-bond acceptors (Lipinski definition) is 5. The third-order valence-electron chi connectivity index (χ3n) is 2.59. The van der Waals surface area contributed by atoms with Crippen molar-refractivity contribution in [1.82, 2.24) is 15.3 Å². The number of H-pyrrole nitrogens is 1. The van der Waals surface area contributed by atoms with Gasteiger partial charge in [-0.1, -0.05) is 6.07 Å². The van der Waals surface area contributed by atoms with Crippen LogP contribution in [0.15, 0.2) is 33.6 Å². The van der Waals surface area contributed by atoms with Gasteiger partial charge in [0.2, 0.25) is 0 Å². The highest BCUT2D eigenvalue weighted by Crippen LogP contribution is 2.28. The van der Waals surface area contributed by atoms with Crippen LogP contribution in [0, 0.1) is 0 Å². The number of nitrogens with one attached hydrogen (secondary N) is 2. The van der Waals surface area contributed by atoms with Gasteiger partial charge in [0.1, 0.15) is 5.01 Å². The summed E-state index contributed by atoms with van der Waals surface area (Å²) in [4.78, 5) is 19.1. The van der Waals surface area contributed by atoms with Gasteiger partial charge in [0.25, 0.3) is 0 Å². The van der Waals surface area contributed by atoms with Crippen LogP contribution in [0.4, 0.5) is 0 Å². The van der Waals surface area contributed by atoms with Crippen molar-refractivity contribution < 1.29 is 4.42 Å². The number of nitrogens with zero attached hydrogens (tertiary/aromatic N) is 1. The minimum absolute atomic E-state index is 0.428. The highest BCUT2D eigenvalue weighted by atomic mass is 32.1. The standard InChI is InChI=1S/C12H11N3O2S/c1-13-6-11-14-5-10(18-11)7-2-3-8-9(4-7)17-12(16)15-8/h2-5,13H,6H2,1H3,(H,15,16). The van der Waals surface area contributed by atoms with Crippen LogP contribution >= 0.6 is 11.3 Å². The molecule has 18 heavy (non-hydrogen) atoms. The first kappa shape index (κ1) is 11.2. The summed E-state index contributed by atoms with van der Waals surface area (Å²) in [6.07, 6.45) is 1.84. The van der Waals surface area contributed by atoms with Crippen LogP contribution < -0.4 is 11.1 Å². The van der Waals surface area contributed by atoms with E-state index in [1.165, 1.54) is 0 Å². The molecule has 0 spiro atoms. The molecule has 3 rings (SSSR count). The van der Waals surface area contributed by atoms with E-state index in [-0.39, 0.29) is 0 Å². The Morgan fingerprint density at radius 3 is 3.22 bits per heavy atom. The number of aromatic nitrogens is 2. The first-order valence-electron chi connectivity index (χ1n) is 5.49. The van der Waals surface area contributed by atoms with Crippen molar-refractivity contribution in [2.45, 2.75) is 6.54 Å². The van der Waals surface area contributed by atoms with Gasteiger partial charge in [-0.15, -0.1) is 11.3 Å². The largest absolute Gasteiger partial charge is 0.417 e. The molecule has 5 nitrogen and oxygen atoms in total. The maximum Gasteiger partial charge on any atom is 0.417 e. The molecule has 2 N–H and O–H groups in total. The van der Waals surface area contributed by atoms with Crippen LogP contribution in [0.25, 0.3) is 21.5 Å². The number of fused-ring (bicyclic) bond motifs is 1. The van der Waals surface area contributed by atoms with E-state index < -0.39 is 5.76 Å². The number of thiazole rings is 1. The van der Waals surface area contributed by atoms with Gasteiger partial charge in [-0.2, -0.15) is 0 Å². The molecule has 0 radical (unpaired) electrons. The summed E-state index contributed by atoms with van der Waals surface area (Å²) in [5.74, 6) is -0.428. The maximum atomic E-state index is 11.1. The van der Waals surface area contributed by atoms with E-state index in [0.29, 0.717) is 11.1 Å². The van der Waals surface area contributed by atoms with Crippen molar-refractivity contribution in [1.29, 1.82) is 0 Å². The van der Waals surface area contributed by atoms with Crippen LogP contribution in [0.3, 0.4) is 0 Å². The number of oxazole rings is 1. The smallest absolute Gasteiger partial charge is 0.408 e. The van der Waals surface area contributed by atoms with Gasteiger partial charge >= 0.3 is 5.76 Å². The van der Waals surface area contributed by atoms with Gasteiger partial charge in [-0.3, -0.25) is 4.98 Å². The van der Waals surface area contributed by atoms with E-state index in [0.717, 1.165) is 22.0 Å². The molecule has 92 valence electrons. The Kier molecular flexibility index (Phi) is 2.73. The summed E-state index contributed by atoms with van der Waals surface area (Å²) in [5, 5.41) is 4.10. The van der Waals surface area contributed by atoms with Gasteiger partial charge in [0, 0.05) is 12.7 Å². The first-order valence-corrected chi connectivity index (χ1v) is 6.30. The van der Waals surface area contributed by atoms with Gasteiger partial charge in [0.05, 0.1) is 10.4 Å². The second-order valence-corrected chi connectivity index (χ2v) is 4.99. The minimum atomic E-state index is -0.428. The summed E-state index contributed by atoms with van der Waals surface area (Å²) in [7, 11) is 1.89. The van der Waals surface area contributed by atoms with E-state index in [1.54, 1.807) is 11.3 Å². The molecule has 3 aromatic rings. The van der Waals surface area contributed by atoms with Crippen molar-refractivity contribution in [2.24, 2.45) is 0 Å². The average molecular weight is 261 g/mol. The molecular weight excluding hydrogens is 250 g/mol. The Morgan fingerprint density at radius 1 is 1.50 bits per heavy atom. The lowest BCUT2D eigenvalue weighted by atomic mass is 10.2. The molecule has 0 saturated carbocycles. The molecule has 0 atom stereocenters. The molecule has 2 heterocycles. The fourth-order valence-electron chi connectivity index (χ4n) is 1.78. The Morgan fingerprint density at radius 2 is 2.39 bits per heavy atom. The molecule has 2 aromatic heterocycles. The van der Waals surface area contributed by atoms with Gasteiger partial charge in [-0.05, 0) is 24.7 Å². The Bertz CT molecular complexity index is 741. The van der Waals surface area contributed by atoms with Gasteiger partial charge in [-0.25, -0.2) is 9.78 Å². The Balaban J connectivity index is 2.04. The zero-order chi connectivity index (χ0) is 12.5. The first-order chi connectivity index (χ1) is 8.76. The number of hydrogen-bond donors (Lipinski definition) is 2. The van der Waals surface area contributed by atoms with Gasteiger partial charge in [0.15, 0.2) is 5.58 Å². The second-order valence-electron chi connectivity index (χ2n) is 3.87. The fraction of sp³-hybridized carbons (Fsp3) is 0.167. The van der Waals surface area contributed by atoms with Gasteiger partial charge < -0.3 is 9.73 Å². The summed E-state index contributed by atoms with van der Waals surface area (Å²) in [5.41, 5.74) is 2.29. The molecule has 0 saturated heterocycles. The van der Waals surface area contributed by atoms with Crippen LogP contribution in [0.1, 0.15) is 5.01 Å². The third kappa shape index (κ3) is 1.96. The summed E-state index contributed by atoms with van der Waals surface area (Å²) >= 11 is 1.62. The quantitative estimate of drug-likeness (QED) is 0.756. The Labute approximate surface area is 106 Å². The lowest BCUT2D eigenvalue weighted by Crippen LogP contribution is -2.03. The number of aromatic amines is 1. The lowest BCUT2D eigenvalue weighted by Gasteiger charge is -1.95. The van der Waals surface area contributed by atoms with Crippen molar-refractivity contribution in [3.05, 3.63) is 40.0 Å². The molecule has 0 bridgehead atoms. The van der Waals surface area contributed by atoms with E-state index in [9.17, 15) is 4.79 Å². The van der Waals surface area contributed by atoms with Crippen LogP contribution in [0.2, 0.25) is 0 Å². The summed E-state index contributed by atoms with van der Waals surface area (Å²) < 4.78 is 5.05. The predicted octanol–water partition coefficient (Wildman–Crippen LogP) is 1.96. The molecule has 0 aliphatic carbocycles. The zero-order valence-corrected chi connectivity index (χ0v) is 10.5.